The Bertz CT molecular complexity index is 720. The van der Waals surface area contributed by atoms with Gasteiger partial charge in [-0.05, 0) is 30.5 Å². The summed E-state index contributed by atoms with van der Waals surface area (Å²) in [5.41, 5.74) is 3.82. The van der Waals surface area contributed by atoms with Crippen molar-refractivity contribution in [1.82, 2.24) is 9.55 Å². The van der Waals surface area contributed by atoms with Crippen LogP contribution in [0.4, 0.5) is 11.4 Å². The molecule has 21 heavy (non-hydrogen) atoms. The predicted octanol–water partition coefficient (Wildman–Crippen LogP) is 2.98. The van der Waals surface area contributed by atoms with Crippen LogP contribution in [0.15, 0.2) is 24.7 Å². The van der Waals surface area contributed by atoms with E-state index < -0.39 is 0 Å². The van der Waals surface area contributed by atoms with Crippen molar-refractivity contribution in [2.24, 2.45) is 0 Å². The second-order valence-electron chi connectivity index (χ2n) is 5.59. The molecule has 2 aliphatic rings. The summed E-state index contributed by atoms with van der Waals surface area (Å²) < 4.78 is 2.22. The van der Waals surface area contributed by atoms with Crippen molar-refractivity contribution in [3.63, 3.8) is 0 Å². The van der Waals surface area contributed by atoms with Crippen molar-refractivity contribution in [3.8, 4) is 0 Å². The molecule has 6 heteroatoms. The van der Waals surface area contributed by atoms with Crippen molar-refractivity contribution in [2.45, 2.75) is 31.8 Å². The third kappa shape index (κ3) is 2.38. The van der Waals surface area contributed by atoms with Crippen molar-refractivity contribution >= 4 is 28.9 Å². The minimum atomic E-state index is 0.0185. The Kier molecular flexibility index (Phi) is 2.89. The topological polar surface area (TPSA) is 59.0 Å². The lowest BCUT2D eigenvalue weighted by molar-refractivity contribution is -0.115. The SMILES string of the molecule is O=C1Cc2cc(NCc3cncn3C3CC3)c(Cl)cc2N1. The zero-order valence-corrected chi connectivity index (χ0v) is 12.2. The highest BCUT2D eigenvalue weighted by molar-refractivity contribution is 6.33. The molecule has 0 saturated heterocycles. The highest BCUT2D eigenvalue weighted by atomic mass is 35.5. The predicted molar refractivity (Wildman–Crippen MR) is 81.6 cm³/mol. The van der Waals surface area contributed by atoms with Gasteiger partial charge in [0.2, 0.25) is 5.91 Å². The number of carbonyl (C=O) groups excluding carboxylic acids is 1. The summed E-state index contributed by atoms with van der Waals surface area (Å²) >= 11 is 6.27. The number of rotatable bonds is 4. The highest BCUT2D eigenvalue weighted by Gasteiger charge is 2.25. The van der Waals surface area contributed by atoms with Crippen molar-refractivity contribution in [2.75, 3.05) is 10.6 Å². The number of amides is 1. The van der Waals surface area contributed by atoms with Gasteiger partial charge in [-0.25, -0.2) is 4.98 Å². The zero-order valence-electron chi connectivity index (χ0n) is 11.4. The average Bonchev–Trinajstić information content (AvgIpc) is 3.08. The first-order chi connectivity index (χ1) is 10.2. The van der Waals surface area contributed by atoms with E-state index in [1.807, 2.05) is 24.7 Å². The fourth-order valence-electron chi connectivity index (χ4n) is 2.72. The average molecular weight is 303 g/mol. The van der Waals surface area contributed by atoms with Gasteiger partial charge in [0.25, 0.3) is 0 Å². The quantitative estimate of drug-likeness (QED) is 0.913. The van der Waals surface area contributed by atoms with Crippen LogP contribution >= 0.6 is 11.6 Å². The minimum absolute atomic E-state index is 0.0185. The lowest BCUT2D eigenvalue weighted by Crippen LogP contribution is -2.06. The summed E-state index contributed by atoms with van der Waals surface area (Å²) in [5.74, 6) is 0.0185. The van der Waals surface area contributed by atoms with Gasteiger partial charge in [-0.1, -0.05) is 11.6 Å². The molecule has 0 spiro atoms. The third-order valence-electron chi connectivity index (χ3n) is 3.96. The first-order valence-corrected chi connectivity index (χ1v) is 7.45. The van der Waals surface area contributed by atoms with Gasteiger partial charge in [0.15, 0.2) is 0 Å². The van der Waals surface area contributed by atoms with E-state index in [1.54, 1.807) is 0 Å². The molecule has 1 aromatic heterocycles. The van der Waals surface area contributed by atoms with Gasteiger partial charge in [0.05, 0.1) is 35.7 Å². The van der Waals surface area contributed by atoms with Crippen molar-refractivity contribution in [1.29, 1.82) is 0 Å². The molecule has 1 aromatic carbocycles. The summed E-state index contributed by atoms with van der Waals surface area (Å²) in [7, 11) is 0. The van der Waals surface area contributed by atoms with E-state index in [1.165, 1.54) is 12.8 Å². The van der Waals surface area contributed by atoms with E-state index in [0.717, 1.165) is 22.6 Å². The molecule has 2 aromatic rings. The van der Waals surface area contributed by atoms with Crippen LogP contribution in [0, 0.1) is 0 Å². The molecule has 1 aliphatic heterocycles. The molecular weight excluding hydrogens is 288 g/mol. The van der Waals surface area contributed by atoms with Gasteiger partial charge < -0.3 is 15.2 Å². The van der Waals surface area contributed by atoms with Crippen LogP contribution < -0.4 is 10.6 Å². The molecule has 0 radical (unpaired) electrons. The number of carbonyl (C=O) groups is 1. The van der Waals surface area contributed by atoms with Crippen LogP contribution in [0.25, 0.3) is 0 Å². The Morgan fingerprint density at radius 1 is 1.43 bits per heavy atom. The summed E-state index contributed by atoms with van der Waals surface area (Å²) in [6, 6.07) is 4.37. The molecule has 2 N–H and O–H groups in total. The zero-order chi connectivity index (χ0) is 14.4. The van der Waals surface area contributed by atoms with E-state index in [2.05, 4.69) is 20.2 Å². The molecule has 1 amide bonds. The Labute approximate surface area is 127 Å². The highest BCUT2D eigenvalue weighted by Crippen LogP contribution is 2.36. The summed E-state index contributed by atoms with van der Waals surface area (Å²) in [6.07, 6.45) is 6.66. The second kappa shape index (κ2) is 4.77. The van der Waals surface area contributed by atoms with Crippen LogP contribution in [0.1, 0.15) is 30.1 Å². The molecule has 1 fully saturated rings. The van der Waals surface area contributed by atoms with Crippen molar-refractivity contribution < 1.29 is 4.79 Å². The van der Waals surface area contributed by atoms with Gasteiger partial charge in [-0.3, -0.25) is 4.79 Å². The van der Waals surface area contributed by atoms with Gasteiger partial charge in [-0.15, -0.1) is 0 Å². The molecule has 4 rings (SSSR count). The maximum Gasteiger partial charge on any atom is 0.228 e. The van der Waals surface area contributed by atoms with E-state index in [-0.39, 0.29) is 5.91 Å². The Balaban J connectivity index is 1.53. The Morgan fingerprint density at radius 2 is 2.29 bits per heavy atom. The maximum absolute atomic E-state index is 11.4. The van der Waals surface area contributed by atoms with E-state index in [0.29, 0.717) is 24.0 Å². The fraction of sp³-hybridized carbons (Fsp3) is 0.333. The largest absolute Gasteiger partial charge is 0.378 e. The number of aromatic nitrogens is 2. The maximum atomic E-state index is 11.4. The monoisotopic (exact) mass is 302 g/mol. The summed E-state index contributed by atoms with van der Waals surface area (Å²) in [4.78, 5) is 15.6. The van der Waals surface area contributed by atoms with Crippen LogP contribution in [0.2, 0.25) is 5.02 Å². The first-order valence-electron chi connectivity index (χ1n) is 7.07. The first kappa shape index (κ1) is 12.7. The lowest BCUT2D eigenvalue weighted by atomic mass is 10.1. The van der Waals surface area contributed by atoms with Crippen LogP contribution in [0.5, 0.6) is 0 Å². The number of halogens is 1. The molecule has 0 bridgehead atoms. The molecule has 108 valence electrons. The molecule has 0 unspecified atom stereocenters. The lowest BCUT2D eigenvalue weighted by Gasteiger charge is -2.12. The molecular formula is C15H15ClN4O. The second-order valence-corrected chi connectivity index (χ2v) is 6.00. The molecule has 0 atom stereocenters. The van der Waals surface area contributed by atoms with Gasteiger partial charge in [-0.2, -0.15) is 0 Å². The van der Waals surface area contributed by atoms with Crippen LogP contribution in [-0.4, -0.2) is 15.5 Å². The number of nitrogens with one attached hydrogen (secondary N) is 2. The third-order valence-corrected chi connectivity index (χ3v) is 4.28. The molecule has 1 saturated carbocycles. The summed E-state index contributed by atoms with van der Waals surface area (Å²) in [6.45, 7) is 0.677. The number of hydrogen-bond donors (Lipinski definition) is 2. The van der Waals surface area contributed by atoms with Gasteiger partial charge >= 0.3 is 0 Å². The smallest absolute Gasteiger partial charge is 0.228 e. The number of nitrogens with zero attached hydrogens (tertiary/aromatic N) is 2. The van der Waals surface area contributed by atoms with E-state index in [4.69, 9.17) is 11.6 Å². The Hall–Kier alpha value is -2.01. The standard InChI is InChI=1S/C15H15ClN4O/c16-12-5-13-9(4-15(21)19-13)3-14(12)18-7-11-6-17-8-20(11)10-1-2-10/h3,5-6,8,10,18H,1-2,4,7H2,(H,19,21). The number of benzene rings is 1. The van der Waals surface area contributed by atoms with Gasteiger partial charge in [0.1, 0.15) is 0 Å². The van der Waals surface area contributed by atoms with Crippen LogP contribution in [-0.2, 0) is 17.8 Å². The Morgan fingerprint density at radius 3 is 3.10 bits per heavy atom. The number of anilines is 2. The van der Waals surface area contributed by atoms with Gasteiger partial charge in [0, 0.05) is 17.9 Å². The normalized spacial score (nSPS) is 16.7. The van der Waals surface area contributed by atoms with Crippen LogP contribution in [0.3, 0.4) is 0 Å². The molecule has 2 heterocycles. The van der Waals surface area contributed by atoms with Crippen molar-refractivity contribution in [3.05, 3.63) is 40.9 Å². The van der Waals surface area contributed by atoms with E-state index in [9.17, 15) is 4.79 Å². The minimum Gasteiger partial charge on any atom is -0.378 e. The fourth-order valence-corrected chi connectivity index (χ4v) is 2.95. The van der Waals surface area contributed by atoms with E-state index >= 15 is 0 Å². The number of hydrogen-bond acceptors (Lipinski definition) is 3. The number of fused-ring (bicyclic) bond motifs is 1. The molecule has 1 aliphatic carbocycles. The summed E-state index contributed by atoms with van der Waals surface area (Å²) in [5, 5.41) is 6.77. The molecule has 5 nitrogen and oxygen atoms in total. The number of imidazole rings is 1.